The lowest BCUT2D eigenvalue weighted by Gasteiger charge is -2.26. The highest BCUT2D eigenvalue weighted by Gasteiger charge is 2.21. The molecule has 24 heavy (non-hydrogen) atoms. The van der Waals surface area contributed by atoms with Gasteiger partial charge < -0.3 is 15.8 Å². The zero-order valence-corrected chi connectivity index (χ0v) is 15.8. The Hall–Kier alpha value is -1.83. The zero-order chi connectivity index (χ0) is 16.2. The fourth-order valence-electron chi connectivity index (χ4n) is 2.63. The van der Waals surface area contributed by atoms with Gasteiger partial charge >= 0.3 is 0 Å². The highest BCUT2D eigenvalue weighted by molar-refractivity contribution is 14.0. The van der Waals surface area contributed by atoms with E-state index in [1.165, 1.54) is 6.07 Å². The summed E-state index contributed by atoms with van der Waals surface area (Å²) in [6, 6.07) is 13.1. The minimum absolute atomic E-state index is 0. The van der Waals surface area contributed by atoms with Crippen LogP contribution in [0, 0.1) is 12.7 Å². The van der Waals surface area contributed by atoms with Crippen LogP contribution in [0.25, 0.3) is 0 Å². The Bertz CT molecular complexity index is 736. The van der Waals surface area contributed by atoms with Crippen molar-refractivity contribution in [2.75, 3.05) is 6.61 Å². The Morgan fingerprint density at radius 2 is 2.12 bits per heavy atom. The fraction of sp³-hybridized carbons (Fsp3) is 0.278. The van der Waals surface area contributed by atoms with Gasteiger partial charge in [0.25, 0.3) is 0 Å². The molecule has 0 radical (unpaired) electrons. The van der Waals surface area contributed by atoms with Crippen molar-refractivity contribution in [1.29, 1.82) is 0 Å². The summed E-state index contributed by atoms with van der Waals surface area (Å²) in [5.74, 6) is 1.01. The molecule has 0 saturated carbocycles. The van der Waals surface area contributed by atoms with Gasteiger partial charge in [-0.2, -0.15) is 0 Å². The first-order chi connectivity index (χ1) is 11.1. The minimum Gasteiger partial charge on any atom is -0.493 e. The molecule has 0 bridgehead atoms. The van der Waals surface area contributed by atoms with Crippen LogP contribution in [0.2, 0.25) is 0 Å². The second-order valence-corrected chi connectivity index (χ2v) is 5.66. The molecular weight excluding hydrogens is 420 g/mol. The zero-order valence-electron chi connectivity index (χ0n) is 13.5. The summed E-state index contributed by atoms with van der Waals surface area (Å²) < 4.78 is 19.2. The number of fused-ring (bicyclic) bond motifs is 1. The molecule has 1 unspecified atom stereocenters. The van der Waals surface area contributed by atoms with Crippen molar-refractivity contribution in [2.45, 2.75) is 25.9 Å². The minimum atomic E-state index is -0.220. The summed E-state index contributed by atoms with van der Waals surface area (Å²) in [5.41, 5.74) is 8.49. The smallest absolute Gasteiger partial charge is 0.189 e. The van der Waals surface area contributed by atoms with E-state index in [4.69, 9.17) is 10.5 Å². The first kappa shape index (κ1) is 18.5. The van der Waals surface area contributed by atoms with Gasteiger partial charge in [-0.1, -0.05) is 30.3 Å². The number of guanidine groups is 1. The summed E-state index contributed by atoms with van der Waals surface area (Å²) >= 11 is 0. The van der Waals surface area contributed by atoms with Gasteiger partial charge in [-0.25, -0.2) is 9.38 Å². The molecule has 0 aromatic heterocycles. The predicted molar refractivity (Wildman–Crippen MR) is 104 cm³/mol. The van der Waals surface area contributed by atoms with Crippen molar-refractivity contribution in [3.63, 3.8) is 0 Å². The molecule has 6 heteroatoms. The lowest BCUT2D eigenvalue weighted by Crippen LogP contribution is -2.37. The second kappa shape index (κ2) is 8.32. The average Bonchev–Trinajstić information content (AvgIpc) is 2.56. The molecule has 0 amide bonds. The van der Waals surface area contributed by atoms with Crippen LogP contribution < -0.4 is 15.8 Å². The highest BCUT2D eigenvalue weighted by atomic mass is 127. The van der Waals surface area contributed by atoms with Gasteiger partial charge in [0, 0.05) is 12.0 Å². The Labute approximate surface area is 158 Å². The average molecular weight is 441 g/mol. The number of hydrogen-bond donors (Lipinski definition) is 2. The van der Waals surface area contributed by atoms with E-state index in [-0.39, 0.29) is 35.8 Å². The Balaban J connectivity index is 0.00000208. The van der Waals surface area contributed by atoms with Crippen molar-refractivity contribution >= 4 is 29.9 Å². The van der Waals surface area contributed by atoms with Crippen LogP contribution in [0.15, 0.2) is 47.5 Å². The Morgan fingerprint density at radius 1 is 1.33 bits per heavy atom. The Morgan fingerprint density at radius 3 is 2.92 bits per heavy atom. The molecule has 4 nitrogen and oxygen atoms in total. The molecule has 128 valence electrons. The number of halogens is 2. The van der Waals surface area contributed by atoms with Crippen LogP contribution in [0.1, 0.15) is 29.2 Å². The molecule has 1 aliphatic heterocycles. The van der Waals surface area contributed by atoms with Crippen LogP contribution >= 0.6 is 24.0 Å². The van der Waals surface area contributed by atoms with Crippen molar-refractivity contribution in [1.82, 2.24) is 5.32 Å². The molecule has 0 saturated heterocycles. The van der Waals surface area contributed by atoms with Crippen LogP contribution in [0.4, 0.5) is 4.39 Å². The van der Waals surface area contributed by atoms with Crippen LogP contribution in [0.5, 0.6) is 5.75 Å². The van der Waals surface area contributed by atoms with E-state index in [2.05, 4.69) is 10.3 Å². The highest BCUT2D eigenvalue weighted by Crippen LogP contribution is 2.31. The maximum absolute atomic E-state index is 13.5. The molecular formula is C18H21FIN3O. The first-order valence-electron chi connectivity index (χ1n) is 7.66. The van der Waals surface area contributed by atoms with Gasteiger partial charge in [-0.3, -0.25) is 0 Å². The van der Waals surface area contributed by atoms with Crippen molar-refractivity contribution in [3.05, 3.63) is 65.0 Å². The number of nitrogens with one attached hydrogen (secondary N) is 1. The Kier molecular flexibility index (Phi) is 6.42. The number of nitrogens with zero attached hydrogens (tertiary/aromatic N) is 1. The predicted octanol–water partition coefficient (Wildman–Crippen LogP) is 3.68. The van der Waals surface area contributed by atoms with E-state index in [1.807, 2.05) is 30.3 Å². The standard InChI is InChI=1S/C18H20FN3O.HI/c1-12-6-7-13(10-15(12)19)11-21-18(20)22-16-8-9-23-17-5-3-2-4-14(16)17;/h2-7,10,16H,8-9,11H2,1H3,(H3,20,21,22);1H. The molecule has 3 rings (SSSR count). The van der Waals surface area contributed by atoms with Crippen LogP contribution in [-0.4, -0.2) is 12.6 Å². The SMILES string of the molecule is Cc1ccc(CN=C(N)NC2CCOc3ccccc32)cc1F.I. The van der Waals surface area contributed by atoms with E-state index in [1.54, 1.807) is 13.0 Å². The fourth-order valence-corrected chi connectivity index (χ4v) is 2.63. The molecule has 1 atom stereocenters. The van der Waals surface area contributed by atoms with Gasteiger partial charge in [0.2, 0.25) is 0 Å². The summed E-state index contributed by atoms with van der Waals surface area (Å²) in [4.78, 5) is 4.31. The number of ether oxygens (including phenoxy) is 1. The largest absolute Gasteiger partial charge is 0.493 e. The first-order valence-corrected chi connectivity index (χ1v) is 7.66. The number of nitrogens with two attached hydrogens (primary N) is 1. The third kappa shape index (κ3) is 4.37. The topological polar surface area (TPSA) is 59.6 Å². The van der Waals surface area contributed by atoms with Gasteiger partial charge in [0.1, 0.15) is 11.6 Å². The van der Waals surface area contributed by atoms with Crippen molar-refractivity contribution in [2.24, 2.45) is 10.7 Å². The van der Waals surface area contributed by atoms with Crippen molar-refractivity contribution < 1.29 is 9.13 Å². The molecule has 3 N–H and O–H groups in total. The molecule has 1 aliphatic rings. The normalized spacial score (nSPS) is 16.6. The van der Waals surface area contributed by atoms with Crippen LogP contribution in [-0.2, 0) is 6.54 Å². The summed E-state index contributed by atoms with van der Waals surface area (Å²) in [6.45, 7) is 2.73. The quantitative estimate of drug-likeness (QED) is 0.434. The monoisotopic (exact) mass is 441 g/mol. The van der Waals surface area contributed by atoms with E-state index in [9.17, 15) is 4.39 Å². The summed E-state index contributed by atoms with van der Waals surface area (Å²) in [6.07, 6.45) is 0.826. The molecule has 2 aromatic carbocycles. The summed E-state index contributed by atoms with van der Waals surface area (Å²) in [7, 11) is 0. The van der Waals surface area contributed by atoms with Gasteiger partial charge in [-0.15, -0.1) is 24.0 Å². The maximum Gasteiger partial charge on any atom is 0.189 e. The van der Waals surface area contributed by atoms with Crippen LogP contribution in [0.3, 0.4) is 0 Å². The second-order valence-electron chi connectivity index (χ2n) is 5.66. The molecule has 1 heterocycles. The van der Waals surface area contributed by atoms with Crippen molar-refractivity contribution in [3.8, 4) is 5.75 Å². The maximum atomic E-state index is 13.5. The number of aliphatic imine (C=N–C) groups is 1. The molecule has 2 aromatic rings. The van der Waals surface area contributed by atoms with E-state index < -0.39 is 0 Å². The van der Waals surface area contributed by atoms with E-state index in [0.29, 0.717) is 24.7 Å². The molecule has 0 spiro atoms. The van der Waals surface area contributed by atoms with E-state index >= 15 is 0 Å². The molecule has 0 aliphatic carbocycles. The van der Waals surface area contributed by atoms with Gasteiger partial charge in [-0.05, 0) is 30.2 Å². The lowest BCUT2D eigenvalue weighted by molar-refractivity contribution is 0.262. The molecule has 0 fully saturated rings. The number of rotatable bonds is 3. The van der Waals surface area contributed by atoms with E-state index in [0.717, 1.165) is 23.3 Å². The third-order valence-electron chi connectivity index (χ3n) is 3.95. The summed E-state index contributed by atoms with van der Waals surface area (Å²) in [5, 5.41) is 3.23. The lowest BCUT2D eigenvalue weighted by atomic mass is 10.0. The van der Waals surface area contributed by atoms with Gasteiger partial charge in [0.15, 0.2) is 5.96 Å². The number of hydrogen-bond acceptors (Lipinski definition) is 2. The van der Waals surface area contributed by atoms with Gasteiger partial charge in [0.05, 0.1) is 19.2 Å². The number of para-hydroxylation sites is 1. The third-order valence-corrected chi connectivity index (χ3v) is 3.95. The number of aryl methyl sites for hydroxylation is 1. The number of benzene rings is 2.